The van der Waals surface area contributed by atoms with Crippen molar-refractivity contribution >= 4 is 5.70 Å². The summed E-state index contributed by atoms with van der Waals surface area (Å²) in [5.74, 6) is 0.657. The topological polar surface area (TPSA) is 3.24 Å². The Labute approximate surface area is 162 Å². The first-order valence-electron chi connectivity index (χ1n) is 9.32. The standard InChI is InChI=1S/C19H25N.C6H12/c1-7-10-11-19(9-3)20(6)16(5)18-13-12-15(4)17(8-2)14-18;1-5(2)6(3)4/h7,9-14H,3,5,8H2,1-2,4,6H3;6H,1H2,2-4H3/b10-7-,19-11+;. The Bertz CT molecular complexity index is 671. The highest BCUT2D eigenvalue weighted by Crippen LogP contribution is 2.23. The first kappa shape index (κ1) is 23.7. The van der Waals surface area contributed by atoms with Crippen molar-refractivity contribution in [1.82, 2.24) is 4.90 Å². The third kappa shape index (κ3) is 7.74. The van der Waals surface area contributed by atoms with Crippen molar-refractivity contribution in [3.05, 3.63) is 90.2 Å². The first-order chi connectivity index (χ1) is 12.2. The lowest BCUT2D eigenvalue weighted by Gasteiger charge is -2.23. The van der Waals surface area contributed by atoms with E-state index in [-0.39, 0.29) is 0 Å². The van der Waals surface area contributed by atoms with Crippen LogP contribution in [0.5, 0.6) is 0 Å². The minimum absolute atomic E-state index is 0.657. The van der Waals surface area contributed by atoms with Crippen LogP contribution in [0.3, 0.4) is 0 Å². The zero-order valence-corrected chi connectivity index (χ0v) is 17.9. The van der Waals surface area contributed by atoms with E-state index in [1.165, 1.54) is 16.7 Å². The number of nitrogens with zero attached hydrogens (tertiary/aromatic N) is 1. The number of allylic oxidation sites excluding steroid dienone is 5. The van der Waals surface area contributed by atoms with Crippen molar-refractivity contribution in [2.24, 2.45) is 5.92 Å². The fourth-order valence-corrected chi connectivity index (χ4v) is 2.09. The molecule has 1 heteroatoms. The van der Waals surface area contributed by atoms with Gasteiger partial charge in [-0.1, -0.05) is 70.4 Å². The molecule has 0 saturated heterocycles. The van der Waals surface area contributed by atoms with E-state index in [0.29, 0.717) is 5.92 Å². The lowest BCUT2D eigenvalue weighted by atomic mass is 10.0. The van der Waals surface area contributed by atoms with Crippen LogP contribution in [0.1, 0.15) is 51.3 Å². The molecule has 0 N–H and O–H groups in total. The van der Waals surface area contributed by atoms with Crippen molar-refractivity contribution in [2.45, 2.75) is 48.0 Å². The number of rotatable bonds is 7. The van der Waals surface area contributed by atoms with Gasteiger partial charge >= 0.3 is 0 Å². The Hall–Kier alpha value is -2.28. The maximum Gasteiger partial charge on any atom is 0.0408 e. The second-order valence-corrected chi connectivity index (χ2v) is 6.82. The second-order valence-electron chi connectivity index (χ2n) is 6.82. The SMILES string of the molecule is C=C(C)C(C)C.C=C/C(=C\C=C/C)N(C)C(=C)c1ccc(C)c(CC)c1. The van der Waals surface area contributed by atoms with Gasteiger partial charge in [0.15, 0.2) is 0 Å². The molecule has 26 heavy (non-hydrogen) atoms. The lowest BCUT2D eigenvalue weighted by Crippen LogP contribution is -2.14. The summed E-state index contributed by atoms with van der Waals surface area (Å²) in [4.78, 5) is 2.07. The second kappa shape index (κ2) is 12.1. The van der Waals surface area contributed by atoms with Crippen LogP contribution in [-0.4, -0.2) is 11.9 Å². The van der Waals surface area contributed by atoms with Crippen molar-refractivity contribution in [3.8, 4) is 0 Å². The maximum atomic E-state index is 4.22. The molecule has 0 heterocycles. The third-order valence-electron chi connectivity index (χ3n) is 4.51. The Morgan fingerprint density at radius 3 is 2.23 bits per heavy atom. The smallest absolute Gasteiger partial charge is 0.0408 e. The fourth-order valence-electron chi connectivity index (χ4n) is 2.09. The molecule has 0 spiro atoms. The van der Waals surface area contributed by atoms with Gasteiger partial charge in [-0.25, -0.2) is 0 Å². The average Bonchev–Trinajstić information content (AvgIpc) is 2.62. The van der Waals surface area contributed by atoms with Gasteiger partial charge in [-0.15, -0.1) is 0 Å². The van der Waals surface area contributed by atoms with Crippen LogP contribution in [0.25, 0.3) is 5.70 Å². The molecule has 0 aliphatic rings. The van der Waals surface area contributed by atoms with Gasteiger partial charge in [-0.05, 0) is 68.0 Å². The highest BCUT2D eigenvalue weighted by atomic mass is 15.1. The van der Waals surface area contributed by atoms with Gasteiger partial charge in [0.1, 0.15) is 0 Å². The Morgan fingerprint density at radius 1 is 1.23 bits per heavy atom. The molecule has 0 atom stereocenters. The first-order valence-corrected chi connectivity index (χ1v) is 9.32. The molecule has 0 aromatic heterocycles. The molecule has 0 fully saturated rings. The summed E-state index contributed by atoms with van der Waals surface area (Å²) in [6.45, 7) is 24.5. The van der Waals surface area contributed by atoms with E-state index in [4.69, 9.17) is 0 Å². The molecule has 0 unspecified atom stereocenters. The fraction of sp³-hybridized carbons (Fsp3) is 0.360. The van der Waals surface area contributed by atoms with Crippen LogP contribution in [0.4, 0.5) is 0 Å². The lowest BCUT2D eigenvalue weighted by molar-refractivity contribution is 0.618. The molecule has 1 nitrogen and oxygen atoms in total. The van der Waals surface area contributed by atoms with Gasteiger partial charge in [0.2, 0.25) is 0 Å². The molecule has 0 radical (unpaired) electrons. The van der Waals surface area contributed by atoms with Gasteiger partial charge < -0.3 is 4.90 Å². The van der Waals surface area contributed by atoms with Gasteiger partial charge in [-0.3, -0.25) is 0 Å². The molecule has 1 aromatic carbocycles. The molecule has 0 bridgehead atoms. The third-order valence-corrected chi connectivity index (χ3v) is 4.51. The minimum atomic E-state index is 0.657. The highest BCUT2D eigenvalue weighted by molar-refractivity contribution is 5.65. The van der Waals surface area contributed by atoms with E-state index < -0.39 is 0 Å². The van der Waals surface area contributed by atoms with E-state index >= 15 is 0 Å². The molecule has 0 aliphatic heterocycles. The number of likely N-dealkylation sites (N-methyl/N-ethyl adjacent to an activating group) is 1. The Kier molecular flexibility index (Phi) is 11.1. The normalized spacial score (nSPS) is 11.2. The summed E-state index contributed by atoms with van der Waals surface area (Å²) in [6.07, 6.45) is 8.93. The van der Waals surface area contributed by atoms with Crippen LogP contribution in [0.2, 0.25) is 0 Å². The van der Waals surface area contributed by atoms with Crippen LogP contribution in [0, 0.1) is 12.8 Å². The van der Waals surface area contributed by atoms with Crippen LogP contribution < -0.4 is 0 Å². The maximum absolute atomic E-state index is 4.22. The van der Waals surface area contributed by atoms with Crippen LogP contribution in [-0.2, 0) is 6.42 Å². The highest BCUT2D eigenvalue weighted by Gasteiger charge is 2.08. The van der Waals surface area contributed by atoms with Crippen LogP contribution in [0.15, 0.2) is 73.5 Å². The quantitative estimate of drug-likeness (QED) is 0.367. The number of hydrogen-bond acceptors (Lipinski definition) is 1. The van der Waals surface area contributed by atoms with E-state index in [1.807, 2.05) is 45.2 Å². The molecule has 0 aliphatic carbocycles. The summed E-state index contributed by atoms with van der Waals surface area (Å²) in [5.41, 5.74) is 7.13. The summed E-state index contributed by atoms with van der Waals surface area (Å²) < 4.78 is 0. The zero-order valence-electron chi connectivity index (χ0n) is 17.9. The molecular formula is C25H37N. The van der Waals surface area contributed by atoms with Gasteiger partial charge in [-0.2, -0.15) is 0 Å². The van der Waals surface area contributed by atoms with Gasteiger partial charge in [0, 0.05) is 18.4 Å². The van der Waals surface area contributed by atoms with Crippen molar-refractivity contribution in [2.75, 3.05) is 7.05 Å². The number of benzene rings is 1. The Balaban J connectivity index is 0.000000896. The predicted octanol–water partition coefficient (Wildman–Crippen LogP) is 7.32. The Morgan fingerprint density at radius 2 is 1.81 bits per heavy atom. The van der Waals surface area contributed by atoms with Crippen molar-refractivity contribution < 1.29 is 0 Å². The van der Waals surface area contributed by atoms with E-state index in [0.717, 1.165) is 23.4 Å². The molecule has 1 aromatic rings. The van der Waals surface area contributed by atoms with E-state index in [1.54, 1.807) is 0 Å². The molecule has 1 rings (SSSR count). The van der Waals surface area contributed by atoms with E-state index in [9.17, 15) is 0 Å². The molecule has 0 amide bonds. The van der Waals surface area contributed by atoms with E-state index in [2.05, 4.69) is 70.5 Å². The number of hydrogen-bond donors (Lipinski definition) is 0. The van der Waals surface area contributed by atoms with Crippen LogP contribution >= 0.6 is 0 Å². The zero-order chi connectivity index (χ0) is 20.3. The van der Waals surface area contributed by atoms with Crippen molar-refractivity contribution in [1.29, 1.82) is 0 Å². The molecule has 142 valence electrons. The summed E-state index contributed by atoms with van der Waals surface area (Å²) in [5, 5.41) is 0. The summed E-state index contributed by atoms with van der Waals surface area (Å²) >= 11 is 0. The van der Waals surface area contributed by atoms with Gasteiger partial charge in [0.05, 0.1) is 0 Å². The van der Waals surface area contributed by atoms with Crippen molar-refractivity contribution in [3.63, 3.8) is 0 Å². The molecular weight excluding hydrogens is 314 g/mol. The predicted molar refractivity (Wildman–Crippen MR) is 120 cm³/mol. The minimum Gasteiger partial charge on any atom is -0.345 e. The summed E-state index contributed by atoms with van der Waals surface area (Å²) in [7, 11) is 2.02. The monoisotopic (exact) mass is 351 g/mol. The molecule has 0 saturated carbocycles. The summed E-state index contributed by atoms with van der Waals surface area (Å²) in [6, 6.07) is 6.52. The average molecular weight is 352 g/mol. The number of aryl methyl sites for hydroxylation is 2. The largest absolute Gasteiger partial charge is 0.345 e. The van der Waals surface area contributed by atoms with Gasteiger partial charge in [0.25, 0.3) is 0 Å².